The number of carbonyl (C=O) groups excluding carboxylic acids is 2. The molecular formula is C22H25Cl4N3O4S. The van der Waals surface area contributed by atoms with Crippen LogP contribution in [-0.2, 0) is 26.2 Å². The van der Waals surface area contributed by atoms with Crippen LogP contribution in [0.3, 0.4) is 0 Å². The molecule has 0 heterocycles. The second-order valence-corrected chi connectivity index (χ2v) is 11.6. The molecule has 7 nitrogen and oxygen atoms in total. The van der Waals surface area contributed by atoms with E-state index in [1.165, 1.54) is 23.1 Å². The molecule has 0 radical (unpaired) electrons. The van der Waals surface area contributed by atoms with Crippen molar-refractivity contribution in [1.82, 2.24) is 10.2 Å². The normalized spacial score (nSPS) is 12.4. The fraction of sp³-hybridized carbons (Fsp3) is 0.364. The Bertz CT molecular complexity index is 1150. The van der Waals surface area contributed by atoms with Crippen LogP contribution in [0.15, 0.2) is 36.4 Å². The molecule has 186 valence electrons. The van der Waals surface area contributed by atoms with Crippen molar-refractivity contribution in [2.75, 3.05) is 17.1 Å². The van der Waals surface area contributed by atoms with Crippen molar-refractivity contribution in [3.63, 3.8) is 0 Å². The lowest BCUT2D eigenvalue weighted by Gasteiger charge is -2.32. The lowest BCUT2D eigenvalue weighted by Crippen LogP contribution is -2.52. The van der Waals surface area contributed by atoms with Crippen LogP contribution in [0.4, 0.5) is 5.69 Å². The average molecular weight is 569 g/mol. The third-order valence-electron chi connectivity index (χ3n) is 4.75. The number of halogens is 4. The zero-order valence-corrected chi connectivity index (χ0v) is 22.8. The van der Waals surface area contributed by atoms with Crippen molar-refractivity contribution in [2.45, 2.75) is 39.4 Å². The Balaban J connectivity index is 2.44. The van der Waals surface area contributed by atoms with Gasteiger partial charge in [0.15, 0.2) is 0 Å². The number of hydrogen-bond acceptors (Lipinski definition) is 4. The van der Waals surface area contributed by atoms with Crippen molar-refractivity contribution < 1.29 is 18.0 Å². The smallest absolute Gasteiger partial charge is 0.244 e. The third-order valence-corrected chi connectivity index (χ3v) is 7.07. The fourth-order valence-electron chi connectivity index (χ4n) is 3.12. The van der Waals surface area contributed by atoms with Gasteiger partial charge in [-0.2, -0.15) is 0 Å². The van der Waals surface area contributed by atoms with Gasteiger partial charge in [-0.1, -0.05) is 52.5 Å². The molecule has 0 unspecified atom stereocenters. The van der Waals surface area contributed by atoms with E-state index in [1.54, 1.807) is 39.0 Å². The monoisotopic (exact) mass is 567 g/mol. The average Bonchev–Trinajstić information content (AvgIpc) is 2.70. The first-order valence-corrected chi connectivity index (χ1v) is 13.5. The fourth-order valence-corrected chi connectivity index (χ4v) is 4.79. The van der Waals surface area contributed by atoms with Crippen LogP contribution >= 0.6 is 46.4 Å². The number of rotatable bonds is 9. The maximum atomic E-state index is 13.4. The van der Waals surface area contributed by atoms with Gasteiger partial charge in [0, 0.05) is 22.6 Å². The molecule has 0 saturated heterocycles. The van der Waals surface area contributed by atoms with Crippen molar-refractivity contribution in [3.05, 3.63) is 62.1 Å². The van der Waals surface area contributed by atoms with Crippen LogP contribution in [0.25, 0.3) is 0 Å². The Morgan fingerprint density at radius 3 is 2.03 bits per heavy atom. The van der Waals surface area contributed by atoms with Gasteiger partial charge < -0.3 is 10.2 Å². The summed E-state index contributed by atoms with van der Waals surface area (Å²) < 4.78 is 26.0. The Labute approximate surface area is 220 Å². The summed E-state index contributed by atoms with van der Waals surface area (Å²) in [5.74, 6) is -1.00. The van der Waals surface area contributed by atoms with Crippen LogP contribution in [0.5, 0.6) is 0 Å². The van der Waals surface area contributed by atoms with E-state index in [1.807, 2.05) is 0 Å². The molecule has 2 rings (SSSR count). The van der Waals surface area contributed by atoms with E-state index in [-0.39, 0.29) is 39.2 Å². The number of benzene rings is 2. The summed E-state index contributed by atoms with van der Waals surface area (Å²) >= 11 is 24.2. The molecule has 0 fully saturated rings. The Hall–Kier alpha value is -1.71. The highest BCUT2D eigenvalue weighted by Crippen LogP contribution is 2.28. The first-order valence-electron chi connectivity index (χ1n) is 10.2. The van der Waals surface area contributed by atoms with E-state index in [0.717, 1.165) is 10.6 Å². The molecule has 1 N–H and O–H groups in total. The SMILES string of the molecule is CC(C)NC(=O)[C@H](C)N(Cc1ccc(Cl)c(Cl)c1)C(=O)CN(c1cc(Cl)cc(Cl)c1)S(C)(=O)=O. The molecule has 34 heavy (non-hydrogen) atoms. The zero-order valence-electron chi connectivity index (χ0n) is 19.0. The summed E-state index contributed by atoms with van der Waals surface area (Å²) in [5, 5.41) is 3.82. The highest BCUT2D eigenvalue weighted by Gasteiger charge is 2.30. The molecule has 0 aliphatic heterocycles. The van der Waals surface area contributed by atoms with Gasteiger partial charge >= 0.3 is 0 Å². The van der Waals surface area contributed by atoms with Crippen molar-refractivity contribution in [3.8, 4) is 0 Å². The second kappa shape index (κ2) is 11.8. The molecule has 12 heteroatoms. The molecule has 0 aliphatic rings. The van der Waals surface area contributed by atoms with E-state index in [9.17, 15) is 18.0 Å². The van der Waals surface area contributed by atoms with E-state index in [0.29, 0.717) is 10.6 Å². The van der Waals surface area contributed by atoms with Crippen LogP contribution < -0.4 is 9.62 Å². The summed E-state index contributed by atoms with van der Waals surface area (Å²) in [6, 6.07) is 8.00. The van der Waals surface area contributed by atoms with Gasteiger partial charge in [0.1, 0.15) is 12.6 Å². The van der Waals surface area contributed by atoms with Gasteiger partial charge in [0.05, 0.1) is 22.0 Å². The minimum absolute atomic E-state index is 0.00366. The predicted octanol–water partition coefficient (Wildman–Crippen LogP) is 5.01. The molecule has 1 atom stereocenters. The number of amides is 2. The Kier molecular flexibility index (Phi) is 9.91. The maximum Gasteiger partial charge on any atom is 0.244 e. The van der Waals surface area contributed by atoms with E-state index >= 15 is 0 Å². The third kappa shape index (κ3) is 7.92. The summed E-state index contributed by atoms with van der Waals surface area (Å²) in [7, 11) is -3.90. The van der Waals surface area contributed by atoms with Gasteiger partial charge in [0.25, 0.3) is 0 Å². The maximum absolute atomic E-state index is 13.4. The van der Waals surface area contributed by atoms with E-state index in [2.05, 4.69) is 5.32 Å². The highest BCUT2D eigenvalue weighted by atomic mass is 35.5. The highest BCUT2D eigenvalue weighted by molar-refractivity contribution is 7.92. The van der Waals surface area contributed by atoms with Gasteiger partial charge in [-0.25, -0.2) is 8.42 Å². The van der Waals surface area contributed by atoms with Crippen molar-refractivity contribution in [2.24, 2.45) is 0 Å². The van der Waals surface area contributed by atoms with Crippen LogP contribution in [0.1, 0.15) is 26.3 Å². The van der Waals surface area contributed by atoms with Gasteiger partial charge in [-0.15, -0.1) is 0 Å². The largest absolute Gasteiger partial charge is 0.352 e. The van der Waals surface area contributed by atoms with E-state index < -0.39 is 28.5 Å². The van der Waals surface area contributed by atoms with Crippen LogP contribution in [-0.4, -0.2) is 50.0 Å². The van der Waals surface area contributed by atoms with Gasteiger partial charge in [-0.3, -0.25) is 13.9 Å². The molecule has 0 saturated carbocycles. The molecule has 0 aliphatic carbocycles. The lowest BCUT2D eigenvalue weighted by molar-refractivity contribution is -0.139. The minimum atomic E-state index is -3.90. The first-order chi connectivity index (χ1) is 15.7. The number of nitrogens with zero attached hydrogens (tertiary/aromatic N) is 2. The second-order valence-electron chi connectivity index (χ2n) is 8.01. The number of anilines is 1. The van der Waals surface area contributed by atoms with Gasteiger partial charge in [-0.05, 0) is 56.7 Å². The number of hydrogen-bond donors (Lipinski definition) is 1. The Morgan fingerprint density at radius 1 is 0.941 bits per heavy atom. The van der Waals surface area contributed by atoms with Crippen LogP contribution in [0.2, 0.25) is 20.1 Å². The summed E-state index contributed by atoms with van der Waals surface area (Å²) in [6.07, 6.45) is 0.966. The van der Waals surface area contributed by atoms with E-state index in [4.69, 9.17) is 46.4 Å². The lowest BCUT2D eigenvalue weighted by atomic mass is 10.1. The molecular weight excluding hydrogens is 544 g/mol. The number of carbonyl (C=O) groups is 2. The number of sulfonamides is 1. The summed E-state index contributed by atoms with van der Waals surface area (Å²) in [4.78, 5) is 27.5. The topological polar surface area (TPSA) is 86.8 Å². The molecule has 0 bridgehead atoms. The molecule has 2 aromatic carbocycles. The summed E-state index contributed by atoms with van der Waals surface area (Å²) in [5.41, 5.74) is 0.741. The zero-order chi connectivity index (χ0) is 25.8. The minimum Gasteiger partial charge on any atom is -0.352 e. The molecule has 0 spiro atoms. The molecule has 0 aromatic heterocycles. The van der Waals surface area contributed by atoms with Crippen molar-refractivity contribution in [1.29, 1.82) is 0 Å². The number of nitrogens with one attached hydrogen (secondary N) is 1. The Morgan fingerprint density at radius 2 is 1.53 bits per heavy atom. The molecule has 2 amide bonds. The van der Waals surface area contributed by atoms with Crippen LogP contribution in [0, 0.1) is 0 Å². The van der Waals surface area contributed by atoms with Crippen molar-refractivity contribution >= 4 is 73.9 Å². The molecule has 2 aromatic rings. The summed E-state index contributed by atoms with van der Waals surface area (Å²) in [6.45, 7) is 4.58. The van der Waals surface area contributed by atoms with Gasteiger partial charge in [0.2, 0.25) is 21.8 Å². The first kappa shape index (κ1) is 28.5. The quantitative estimate of drug-likeness (QED) is 0.461. The standard InChI is InChI=1S/C22H25Cl4N3O4S/c1-13(2)27-22(31)14(3)28(11-15-5-6-19(25)20(26)7-15)21(30)12-29(34(4,32)33)18-9-16(23)8-17(24)10-18/h5-10,13-14H,11-12H2,1-4H3,(H,27,31)/t14-/m0/s1. The predicted molar refractivity (Wildman–Crippen MR) is 138 cm³/mol.